The van der Waals surface area contributed by atoms with Crippen molar-refractivity contribution in [1.29, 1.82) is 0 Å². The Hall–Kier alpha value is -2.38. The Balaban J connectivity index is 0.00000533. The summed E-state index contributed by atoms with van der Waals surface area (Å²) in [6, 6.07) is 0.687. The summed E-state index contributed by atoms with van der Waals surface area (Å²) in [7, 11) is 0. The quantitative estimate of drug-likeness (QED) is 0.251. The van der Waals surface area contributed by atoms with Crippen LogP contribution in [0.1, 0.15) is 39.7 Å². The Morgan fingerprint density at radius 1 is 1.15 bits per heavy atom. The van der Waals surface area contributed by atoms with Crippen molar-refractivity contribution in [3.63, 3.8) is 0 Å². The average Bonchev–Trinajstić information content (AvgIpc) is 3.66. The second kappa shape index (κ2) is 13.8. The molecule has 1 aromatic heterocycles. The van der Waals surface area contributed by atoms with Gasteiger partial charge in [0.05, 0.1) is 15.7 Å². The molecule has 2 atom stereocenters. The van der Waals surface area contributed by atoms with E-state index in [0.717, 1.165) is 25.0 Å². The summed E-state index contributed by atoms with van der Waals surface area (Å²) in [5, 5.41) is -0.845. The zero-order valence-corrected chi connectivity index (χ0v) is 24.0. The first-order valence-corrected chi connectivity index (χ1v) is 12.6. The molecule has 216 valence electrons. The van der Waals surface area contributed by atoms with E-state index in [1.807, 2.05) is 6.92 Å². The second-order valence-electron chi connectivity index (χ2n) is 8.89. The van der Waals surface area contributed by atoms with E-state index in [0.29, 0.717) is 4.90 Å². The van der Waals surface area contributed by atoms with Gasteiger partial charge < -0.3 is 24.5 Å². The standard InChI is InChI=1S/C23H25Cl3F2N4O6.ClH/c1-10(2)17(29)21(34)36-9-37-23(35)32(18-14(24)6-13(7-15(18)25)38-22(27)28)19-20(33)31(8-16(26)30-19)11(3)12-4-5-12;/h6-8,10-12,17,22H,4-5,9,29H2,1-3H3;1H/t11-,17-;/m0./s1. The monoisotopic (exact) mass is 632 g/mol. The van der Waals surface area contributed by atoms with Crippen LogP contribution in [0.15, 0.2) is 23.1 Å². The lowest BCUT2D eigenvalue weighted by Crippen LogP contribution is -2.39. The van der Waals surface area contributed by atoms with E-state index in [4.69, 9.17) is 50.0 Å². The summed E-state index contributed by atoms with van der Waals surface area (Å²) in [4.78, 5) is 43.4. The normalized spacial score (nSPS) is 14.4. The minimum atomic E-state index is -3.17. The van der Waals surface area contributed by atoms with Crippen LogP contribution in [0.2, 0.25) is 15.2 Å². The maximum absolute atomic E-state index is 13.5. The lowest BCUT2D eigenvalue weighted by Gasteiger charge is -2.25. The highest BCUT2D eigenvalue weighted by Gasteiger charge is 2.34. The van der Waals surface area contributed by atoms with Gasteiger partial charge in [-0.1, -0.05) is 48.7 Å². The third kappa shape index (κ3) is 8.07. The highest BCUT2D eigenvalue weighted by atomic mass is 35.5. The van der Waals surface area contributed by atoms with Crippen LogP contribution >= 0.6 is 47.2 Å². The Labute approximate surface area is 243 Å². The van der Waals surface area contributed by atoms with Crippen LogP contribution in [0.4, 0.5) is 25.1 Å². The third-order valence-corrected chi connectivity index (χ3v) is 6.59. The van der Waals surface area contributed by atoms with Gasteiger partial charge in [-0.3, -0.25) is 9.59 Å². The number of carbonyl (C=O) groups excluding carboxylic acids is 2. The topological polar surface area (TPSA) is 126 Å². The van der Waals surface area contributed by atoms with E-state index < -0.39 is 48.6 Å². The number of alkyl halides is 2. The van der Waals surface area contributed by atoms with Gasteiger partial charge in [-0.15, -0.1) is 12.4 Å². The minimum absolute atomic E-state index is 0. The average molecular weight is 634 g/mol. The molecule has 0 radical (unpaired) electrons. The van der Waals surface area contributed by atoms with Gasteiger partial charge in [-0.05, 0) is 31.6 Å². The zero-order chi connectivity index (χ0) is 28.3. The van der Waals surface area contributed by atoms with E-state index in [1.165, 1.54) is 10.8 Å². The molecule has 0 spiro atoms. The summed E-state index contributed by atoms with van der Waals surface area (Å²) < 4.78 is 41.1. The first-order chi connectivity index (χ1) is 17.8. The molecule has 16 heteroatoms. The Morgan fingerprint density at radius 2 is 1.74 bits per heavy atom. The molecule has 0 aliphatic heterocycles. The summed E-state index contributed by atoms with van der Waals surface area (Å²) in [5.41, 5.74) is 4.66. The number of rotatable bonds is 10. The Kier molecular flexibility index (Phi) is 11.6. The smallest absolute Gasteiger partial charge is 0.423 e. The number of carbonyl (C=O) groups is 2. The summed E-state index contributed by atoms with van der Waals surface area (Å²) >= 11 is 18.8. The molecule has 0 saturated heterocycles. The van der Waals surface area contributed by atoms with Crippen LogP contribution in [0.5, 0.6) is 5.75 Å². The lowest BCUT2D eigenvalue weighted by molar-refractivity contribution is -0.154. The maximum Gasteiger partial charge on any atom is 0.423 e. The molecule has 0 bridgehead atoms. The summed E-state index contributed by atoms with van der Waals surface area (Å²) in [6.45, 7) is 1.17. The predicted octanol–water partition coefficient (Wildman–Crippen LogP) is 5.96. The molecule has 1 fully saturated rings. The van der Waals surface area contributed by atoms with Crippen LogP contribution < -0.4 is 20.9 Å². The van der Waals surface area contributed by atoms with Gasteiger partial charge >= 0.3 is 18.7 Å². The summed E-state index contributed by atoms with van der Waals surface area (Å²) in [5.74, 6) is -1.79. The van der Waals surface area contributed by atoms with Crippen molar-refractivity contribution in [2.45, 2.75) is 52.3 Å². The van der Waals surface area contributed by atoms with Gasteiger partial charge in [0, 0.05) is 24.4 Å². The van der Waals surface area contributed by atoms with Crippen molar-refractivity contribution < 1.29 is 32.6 Å². The molecular weight excluding hydrogens is 608 g/mol. The number of halogens is 6. The molecular formula is C23H26Cl4F2N4O6. The molecule has 3 rings (SSSR count). The number of nitrogens with two attached hydrogens (primary N) is 1. The number of ether oxygens (including phenoxy) is 3. The Bertz CT molecular complexity index is 1240. The van der Waals surface area contributed by atoms with Gasteiger partial charge in [0.2, 0.25) is 12.6 Å². The molecule has 39 heavy (non-hydrogen) atoms. The molecule has 1 aliphatic carbocycles. The van der Waals surface area contributed by atoms with Crippen LogP contribution in [0, 0.1) is 11.8 Å². The third-order valence-electron chi connectivity index (χ3n) is 5.83. The van der Waals surface area contributed by atoms with E-state index in [2.05, 4.69) is 9.72 Å². The fourth-order valence-corrected chi connectivity index (χ4v) is 4.32. The van der Waals surface area contributed by atoms with E-state index in [-0.39, 0.29) is 51.2 Å². The molecule has 1 heterocycles. The van der Waals surface area contributed by atoms with Gasteiger partial charge in [0.1, 0.15) is 16.9 Å². The second-order valence-corrected chi connectivity index (χ2v) is 10.1. The van der Waals surface area contributed by atoms with Crippen LogP contribution in [0.3, 0.4) is 0 Å². The first kappa shape index (κ1) is 32.8. The predicted molar refractivity (Wildman–Crippen MR) is 144 cm³/mol. The van der Waals surface area contributed by atoms with Crippen molar-refractivity contribution in [3.05, 3.63) is 43.9 Å². The van der Waals surface area contributed by atoms with E-state index in [9.17, 15) is 23.2 Å². The highest BCUT2D eigenvalue weighted by molar-refractivity contribution is 6.40. The molecule has 1 aliphatic rings. The van der Waals surface area contributed by atoms with E-state index >= 15 is 0 Å². The maximum atomic E-state index is 13.5. The van der Waals surface area contributed by atoms with Crippen molar-refractivity contribution in [2.24, 2.45) is 17.6 Å². The zero-order valence-electron chi connectivity index (χ0n) is 20.9. The van der Waals surface area contributed by atoms with Gasteiger partial charge in [-0.25, -0.2) is 14.7 Å². The number of hydrogen-bond donors (Lipinski definition) is 1. The number of benzene rings is 1. The molecule has 10 nitrogen and oxygen atoms in total. The van der Waals surface area contributed by atoms with Gasteiger partial charge in [0.25, 0.3) is 5.56 Å². The number of amides is 1. The first-order valence-electron chi connectivity index (χ1n) is 11.4. The highest BCUT2D eigenvalue weighted by Crippen LogP contribution is 2.42. The molecule has 0 unspecified atom stereocenters. The van der Waals surface area contributed by atoms with Crippen molar-refractivity contribution in [2.75, 3.05) is 11.7 Å². The fraction of sp³-hybridized carbons (Fsp3) is 0.478. The Morgan fingerprint density at radius 3 is 2.26 bits per heavy atom. The van der Waals surface area contributed by atoms with Crippen molar-refractivity contribution in [1.82, 2.24) is 9.55 Å². The SMILES string of the molecule is CC(C)[C@H](N)C(=O)OCOC(=O)N(c1c(Cl)cc(OC(F)F)cc1Cl)c1nc(Cl)cn([C@@H](C)C2CC2)c1=O.Cl. The molecule has 1 amide bonds. The molecule has 1 aromatic carbocycles. The van der Waals surface area contributed by atoms with Gasteiger partial charge in [0.15, 0.2) is 0 Å². The number of anilines is 2. The van der Waals surface area contributed by atoms with E-state index in [1.54, 1.807) is 13.8 Å². The van der Waals surface area contributed by atoms with Gasteiger partial charge in [-0.2, -0.15) is 8.78 Å². The fourth-order valence-electron chi connectivity index (χ4n) is 3.50. The van der Waals surface area contributed by atoms with Crippen molar-refractivity contribution in [3.8, 4) is 5.75 Å². The molecule has 2 N–H and O–H groups in total. The summed E-state index contributed by atoms with van der Waals surface area (Å²) in [6.07, 6.45) is 1.86. The lowest BCUT2D eigenvalue weighted by atomic mass is 10.1. The largest absolute Gasteiger partial charge is 0.435 e. The molecule has 2 aromatic rings. The number of esters is 1. The molecule has 1 saturated carbocycles. The number of nitrogens with zero attached hydrogens (tertiary/aromatic N) is 3. The van der Waals surface area contributed by atoms with Crippen LogP contribution in [-0.4, -0.2) is 41.1 Å². The number of aromatic nitrogens is 2. The number of hydrogen-bond acceptors (Lipinski definition) is 8. The van der Waals surface area contributed by atoms with Crippen LogP contribution in [0.25, 0.3) is 0 Å². The minimum Gasteiger partial charge on any atom is -0.435 e. The van der Waals surface area contributed by atoms with Crippen molar-refractivity contribution >= 4 is 70.8 Å². The van der Waals surface area contributed by atoms with Crippen LogP contribution in [-0.2, 0) is 14.3 Å².